The summed E-state index contributed by atoms with van der Waals surface area (Å²) in [5, 5.41) is 13.5. The van der Waals surface area contributed by atoms with Gasteiger partial charge in [0, 0.05) is 77.7 Å². The number of sulfone groups is 1. The number of aromatic nitrogens is 1. The minimum absolute atomic E-state index is 0.0877. The van der Waals surface area contributed by atoms with Crippen LogP contribution in [0.5, 0.6) is 0 Å². The maximum Gasteiger partial charge on any atom is 0.501 e. The molecule has 0 spiro atoms. The zero-order valence-electron chi connectivity index (χ0n) is 40.6. The van der Waals surface area contributed by atoms with Crippen LogP contribution in [0, 0.1) is 12.7 Å². The highest BCUT2D eigenvalue weighted by atomic mass is 35.5. The number of sulfonamides is 1. The van der Waals surface area contributed by atoms with Crippen LogP contribution in [-0.4, -0.2) is 106 Å². The quantitative estimate of drug-likeness (QED) is 0.0389. The number of benzene rings is 4. The maximum absolute atomic E-state index is 15.6. The molecule has 3 N–H and O–H groups in total. The molecule has 1 aliphatic heterocycles. The van der Waals surface area contributed by atoms with Crippen LogP contribution in [0.15, 0.2) is 124 Å². The van der Waals surface area contributed by atoms with E-state index < -0.39 is 57.9 Å². The largest absolute Gasteiger partial charge is 0.501 e. The van der Waals surface area contributed by atoms with Gasteiger partial charge in [0.05, 0.1) is 26.7 Å². The third kappa shape index (κ3) is 12.5. The summed E-state index contributed by atoms with van der Waals surface area (Å²) in [5.74, 6) is -1.26. The van der Waals surface area contributed by atoms with Crippen molar-refractivity contribution in [2.75, 3.05) is 71.9 Å². The fourth-order valence-corrected chi connectivity index (χ4v) is 12.3. The predicted molar refractivity (Wildman–Crippen MR) is 282 cm³/mol. The number of hydrogen-bond donors (Lipinski definition) is 3. The summed E-state index contributed by atoms with van der Waals surface area (Å²) in [5.41, 5.74) is -1.71. The number of allylic oxidation sites excluding steroid dienone is 4. The molecule has 1 aliphatic carbocycles. The van der Waals surface area contributed by atoms with Gasteiger partial charge in [-0.3, -0.25) is 4.72 Å². The molecule has 1 saturated heterocycles. The van der Waals surface area contributed by atoms with Gasteiger partial charge in [-0.25, -0.2) is 26.0 Å². The number of hydrogen-bond acceptors (Lipinski definition) is 10. The van der Waals surface area contributed by atoms with Crippen LogP contribution in [0.1, 0.15) is 61.8 Å². The lowest BCUT2D eigenvalue weighted by atomic mass is 9.91. The highest BCUT2D eigenvalue weighted by Gasteiger charge is 2.48. The Morgan fingerprint density at radius 1 is 0.917 bits per heavy atom. The number of carboxylic acids is 1. The molecule has 0 radical (unpaired) electrons. The minimum atomic E-state index is -6.02. The highest BCUT2D eigenvalue weighted by molar-refractivity contribution is 7.99. The van der Waals surface area contributed by atoms with Crippen LogP contribution in [0.3, 0.4) is 0 Å². The fraction of sp³-hybridized carbons (Fsp3) is 0.365. The second kappa shape index (κ2) is 22.3. The number of alkyl halides is 4. The summed E-state index contributed by atoms with van der Waals surface area (Å²) in [7, 11) is -8.70. The molecule has 0 bridgehead atoms. The number of rotatable bonds is 20. The topological polar surface area (TPSA) is 144 Å². The van der Waals surface area contributed by atoms with E-state index in [4.69, 9.17) is 11.6 Å². The lowest BCUT2D eigenvalue weighted by Gasteiger charge is -2.37. The molecule has 0 amide bonds. The molecule has 4 aromatic carbocycles. The van der Waals surface area contributed by atoms with E-state index >= 15 is 4.39 Å². The van der Waals surface area contributed by atoms with Crippen molar-refractivity contribution in [1.82, 2.24) is 9.47 Å². The smallest absolute Gasteiger partial charge is 0.478 e. The zero-order valence-corrected chi connectivity index (χ0v) is 43.8. The highest BCUT2D eigenvalue weighted by Crippen LogP contribution is 2.42. The predicted octanol–water partition coefficient (Wildman–Crippen LogP) is 11.4. The average molecular weight is 1070 g/mol. The van der Waals surface area contributed by atoms with Crippen LogP contribution in [0.2, 0.25) is 0 Å². The number of carbonyl (C=O) groups is 1. The summed E-state index contributed by atoms with van der Waals surface area (Å²) >= 11 is 8.04. The zero-order chi connectivity index (χ0) is 52.2. The van der Waals surface area contributed by atoms with Gasteiger partial charge in [-0.05, 0) is 144 Å². The van der Waals surface area contributed by atoms with E-state index in [2.05, 4.69) is 19.8 Å². The van der Waals surface area contributed by atoms with Gasteiger partial charge in [-0.2, -0.15) is 13.2 Å². The molecule has 72 heavy (non-hydrogen) atoms. The SMILES string of the molecule is CCCN(C)CC[C@H](CSc1ccccc1)Nc1ccc(S(=O)(=O)Nc2ccc(N3CCN(c4cc(F)cc(-c5c(C(=O)O)c(C)n(CC)c5C5=CCC(C)(Cl)C=C5)c4)CC3)cc2)cc1S(=O)(=O)C(F)(F)F. The van der Waals surface area contributed by atoms with E-state index in [0.29, 0.717) is 92.1 Å². The summed E-state index contributed by atoms with van der Waals surface area (Å²) < 4.78 is 116. The first-order valence-corrected chi connectivity index (χ1v) is 27.9. The van der Waals surface area contributed by atoms with Crippen LogP contribution in [0.4, 0.5) is 40.3 Å². The first-order chi connectivity index (χ1) is 34.0. The van der Waals surface area contributed by atoms with E-state index in [-0.39, 0.29) is 16.9 Å². The van der Waals surface area contributed by atoms with Crippen molar-refractivity contribution < 1.29 is 44.3 Å². The van der Waals surface area contributed by atoms with Crippen molar-refractivity contribution in [2.24, 2.45) is 0 Å². The van der Waals surface area contributed by atoms with E-state index in [9.17, 15) is 39.9 Å². The average Bonchev–Trinajstić information content (AvgIpc) is 3.64. The molecule has 7 rings (SSSR count). The van der Waals surface area contributed by atoms with Gasteiger partial charge in [0.25, 0.3) is 19.9 Å². The standard InChI is InChI=1S/C52H59ClF4N6O6S3/c1-6-24-60(5)25-21-40(34-70-43-11-9-8-10-12-43)58-45-18-17-44(33-46(45)71(66,67)52(55,56)57)72(68,69)59-39-13-15-41(16-14-39)61-26-28-62(29-27-61)42-31-37(30-38(54)32-42)48-47(50(64)65)35(3)63(7-2)49(48)36-19-22-51(4,53)23-20-36/h8-20,22,30-33,40,58-59H,6-7,21,23-29,34H2,1-5H3,(H,64,65)/t40-,51?/m1/s1. The first kappa shape index (κ1) is 54.3. The Bertz CT molecular complexity index is 3050. The molecule has 2 atom stereocenters. The minimum Gasteiger partial charge on any atom is -0.478 e. The van der Waals surface area contributed by atoms with Crippen molar-refractivity contribution in [1.29, 1.82) is 0 Å². The number of aromatic carboxylic acids is 1. The van der Waals surface area contributed by atoms with Crippen molar-refractivity contribution >= 4 is 77.5 Å². The van der Waals surface area contributed by atoms with E-state index in [1.165, 1.54) is 36.0 Å². The molecule has 2 heterocycles. The molecule has 20 heteroatoms. The molecule has 1 fully saturated rings. The lowest BCUT2D eigenvalue weighted by molar-refractivity contribution is -0.0436. The lowest BCUT2D eigenvalue weighted by Crippen LogP contribution is -2.46. The fourth-order valence-electron chi connectivity index (χ4n) is 9.07. The van der Waals surface area contributed by atoms with Gasteiger partial charge in [-0.15, -0.1) is 23.4 Å². The van der Waals surface area contributed by atoms with E-state index in [1.54, 1.807) is 19.1 Å². The number of anilines is 4. The first-order valence-electron chi connectivity index (χ1n) is 23.6. The monoisotopic (exact) mass is 1070 g/mol. The van der Waals surface area contributed by atoms with Crippen molar-refractivity contribution in [3.05, 3.63) is 132 Å². The summed E-state index contributed by atoms with van der Waals surface area (Å²) in [6.45, 7) is 11.3. The second-order valence-electron chi connectivity index (χ2n) is 18.2. The Balaban J connectivity index is 1.07. The normalized spacial score (nSPS) is 17.0. The Morgan fingerprint density at radius 3 is 2.18 bits per heavy atom. The van der Waals surface area contributed by atoms with Crippen LogP contribution in [-0.2, 0) is 26.4 Å². The van der Waals surface area contributed by atoms with Gasteiger partial charge < -0.3 is 29.7 Å². The third-order valence-electron chi connectivity index (χ3n) is 12.8. The van der Waals surface area contributed by atoms with Gasteiger partial charge >= 0.3 is 11.5 Å². The second-order valence-corrected chi connectivity index (χ2v) is 23.7. The Morgan fingerprint density at radius 2 is 1.58 bits per heavy atom. The number of nitrogens with zero attached hydrogens (tertiary/aromatic N) is 4. The maximum atomic E-state index is 15.6. The number of halogens is 5. The Hall–Kier alpha value is -5.47. The number of nitrogens with one attached hydrogen (secondary N) is 2. The van der Waals surface area contributed by atoms with E-state index in [1.807, 2.05) is 91.9 Å². The molecule has 12 nitrogen and oxygen atoms in total. The van der Waals surface area contributed by atoms with Gasteiger partial charge in [0.15, 0.2) is 0 Å². The molecule has 1 aromatic heterocycles. The summed E-state index contributed by atoms with van der Waals surface area (Å²) in [6.07, 6.45) is 7.61. The van der Waals surface area contributed by atoms with Gasteiger partial charge in [0.1, 0.15) is 10.7 Å². The van der Waals surface area contributed by atoms with Crippen LogP contribution in [0.25, 0.3) is 16.7 Å². The van der Waals surface area contributed by atoms with Crippen LogP contribution >= 0.6 is 23.4 Å². The summed E-state index contributed by atoms with van der Waals surface area (Å²) in [4.78, 5) is 17.4. The summed E-state index contributed by atoms with van der Waals surface area (Å²) in [6, 6.07) is 22.5. The van der Waals surface area contributed by atoms with E-state index in [0.717, 1.165) is 41.3 Å². The number of piperazine rings is 1. The Kier molecular flexibility index (Phi) is 16.8. The number of carboxylic acid groups (broad SMARTS) is 1. The van der Waals surface area contributed by atoms with Crippen molar-refractivity contribution in [2.45, 2.75) is 84.6 Å². The molecule has 5 aromatic rings. The van der Waals surface area contributed by atoms with Crippen molar-refractivity contribution in [3.8, 4) is 11.1 Å². The molecule has 386 valence electrons. The molecule has 0 saturated carbocycles. The van der Waals surface area contributed by atoms with Crippen LogP contribution < -0.4 is 19.8 Å². The third-order valence-corrected chi connectivity index (χ3v) is 17.2. The molecular formula is C52H59ClF4N6O6S3. The Labute approximate surface area is 428 Å². The van der Waals surface area contributed by atoms with Gasteiger partial charge in [0.2, 0.25) is 0 Å². The van der Waals surface area contributed by atoms with Crippen molar-refractivity contribution in [3.63, 3.8) is 0 Å². The molecule has 1 unspecified atom stereocenters. The van der Waals surface area contributed by atoms with Gasteiger partial charge in [-0.1, -0.05) is 43.4 Å². The number of thioether (sulfide) groups is 1. The molecular weight excluding hydrogens is 1010 g/mol. The molecule has 2 aliphatic rings.